The second-order valence-electron chi connectivity index (χ2n) is 6.34. The Morgan fingerprint density at radius 2 is 1.75 bits per heavy atom. The average molecular weight is 427 g/mol. The van der Waals surface area contributed by atoms with Crippen molar-refractivity contribution in [3.8, 4) is 0 Å². The van der Waals surface area contributed by atoms with Crippen molar-refractivity contribution in [1.82, 2.24) is 9.80 Å². The fraction of sp³-hybridized carbons (Fsp3) is 0.526. The number of nitrogens with zero attached hydrogens (tertiary/aromatic N) is 2. The molecule has 9 heteroatoms. The highest BCUT2D eigenvalue weighted by Crippen LogP contribution is 2.24. The minimum atomic E-state index is -0.901. The van der Waals surface area contributed by atoms with E-state index in [1.165, 1.54) is 29.3 Å². The molecular weight excluding hydrogens is 400 g/mol. The maximum Gasteiger partial charge on any atom is 0.327 e. The molecule has 0 saturated carbocycles. The van der Waals surface area contributed by atoms with E-state index in [0.717, 1.165) is 18.2 Å². The van der Waals surface area contributed by atoms with E-state index in [-0.39, 0.29) is 17.9 Å². The molecule has 154 valence electrons. The van der Waals surface area contributed by atoms with Gasteiger partial charge in [-0.05, 0) is 5.56 Å². The highest BCUT2D eigenvalue weighted by molar-refractivity contribution is 7.99. The Balaban J connectivity index is 0.000000209. The highest BCUT2D eigenvalue weighted by atomic mass is 32.2. The molecule has 2 aliphatic heterocycles. The van der Waals surface area contributed by atoms with Crippen LogP contribution in [0.25, 0.3) is 0 Å². The normalized spacial score (nSPS) is 21.7. The summed E-state index contributed by atoms with van der Waals surface area (Å²) in [7, 11) is 1.45. The summed E-state index contributed by atoms with van der Waals surface area (Å²) in [4.78, 5) is 36.9. The molecule has 2 fully saturated rings. The lowest BCUT2D eigenvalue weighted by Crippen LogP contribution is -2.41. The van der Waals surface area contributed by atoms with Gasteiger partial charge in [0.15, 0.2) is 0 Å². The largest absolute Gasteiger partial charge is 0.480 e. The summed E-state index contributed by atoms with van der Waals surface area (Å²) in [6.07, 6.45) is 0.379. The first-order valence-corrected chi connectivity index (χ1v) is 11.3. The maximum atomic E-state index is 11.5. The van der Waals surface area contributed by atoms with Crippen molar-refractivity contribution in [3.63, 3.8) is 0 Å². The number of hydrogen-bond donors (Lipinski definition) is 1. The number of carbonyl (C=O) groups excluding carboxylic acids is 2. The number of esters is 1. The number of aliphatic carboxylic acids is 1. The van der Waals surface area contributed by atoms with E-state index < -0.39 is 12.0 Å². The van der Waals surface area contributed by atoms with Gasteiger partial charge in [0.2, 0.25) is 5.91 Å². The summed E-state index contributed by atoms with van der Waals surface area (Å²) in [5, 5.41) is 8.72. The third kappa shape index (κ3) is 6.15. The van der Waals surface area contributed by atoms with Gasteiger partial charge in [-0.25, -0.2) is 4.79 Å². The van der Waals surface area contributed by atoms with Crippen LogP contribution in [0.3, 0.4) is 0 Å². The van der Waals surface area contributed by atoms with Crippen LogP contribution in [0.2, 0.25) is 0 Å². The van der Waals surface area contributed by atoms with Crippen molar-refractivity contribution < 1.29 is 24.2 Å². The summed E-state index contributed by atoms with van der Waals surface area (Å²) in [6, 6.07) is 9.50. The molecule has 2 atom stereocenters. The number of methoxy groups -OCH3 is 1. The molecule has 1 N–H and O–H groups in total. The molecule has 0 radical (unpaired) electrons. The van der Waals surface area contributed by atoms with Crippen LogP contribution in [0, 0.1) is 0 Å². The minimum Gasteiger partial charge on any atom is -0.480 e. The second kappa shape index (κ2) is 11.3. The fourth-order valence-electron chi connectivity index (χ4n) is 2.90. The van der Waals surface area contributed by atoms with E-state index in [2.05, 4.69) is 17.0 Å². The predicted molar refractivity (Wildman–Crippen MR) is 111 cm³/mol. The van der Waals surface area contributed by atoms with E-state index in [1.54, 1.807) is 18.7 Å². The van der Waals surface area contributed by atoms with E-state index in [9.17, 15) is 14.4 Å². The van der Waals surface area contributed by atoms with Crippen LogP contribution in [0.15, 0.2) is 30.3 Å². The molecule has 2 unspecified atom stereocenters. The lowest BCUT2D eigenvalue weighted by molar-refractivity contribution is -0.147. The zero-order valence-corrected chi connectivity index (χ0v) is 17.7. The first-order valence-electron chi connectivity index (χ1n) is 9.01. The molecule has 0 aliphatic carbocycles. The third-order valence-corrected chi connectivity index (χ3v) is 6.54. The molecule has 7 nitrogen and oxygen atoms in total. The molecule has 0 spiro atoms. The van der Waals surface area contributed by atoms with Gasteiger partial charge in [0.25, 0.3) is 0 Å². The molecule has 2 aliphatic rings. The molecule has 1 aromatic carbocycles. The molecule has 2 heterocycles. The van der Waals surface area contributed by atoms with Crippen LogP contribution < -0.4 is 0 Å². The zero-order valence-electron chi connectivity index (χ0n) is 16.1. The number of carbonyl (C=O) groups is 3. The van der Waals surface area contributed by atoms with E-state index in [4.69, 9.17) is 9.84 Å². The van der Waals surface area contributed by atoms with Crippen LogP contribution in [0.4, 0.5) is 0 Å². The first kappa shape index (κ1) is 22.6. The van der Waals surface area contributed by atoms with Crippen molar-refractivity contribution in [1.29, 1.82) is 0 Å². The zero-order chi connectivity index (χ0) is 20.5. The van der Waals surface area contributed by atoms with Gasteiger partial charge in [-0.15, -0.1) is 23.5 Å². The van der Waals surface area contributed by atoms with Gasteiger partial charge in [0.05, 0.1) is 13.0 Å². The van der Waals surface area contributed by atoms with Crippen molar-refractivity contribution >= 4 is 41.4 Å². The van der Waals surface area contributed by atoms with Crippen molar-refractivity contribution in [2.45, 2.75) is 32.0 Å². The SMILES string of the molecule is CCC(=O)N1CSCC1C(=O)O.COC(=O)C1CSCN1Cc1ccccc1. The van der Waals surface area contributed by atoms with Crippen LogP contribution >= 0.6 is 23.5 Å². The quantitative estimate of drug-likeness (QED) is 0.717. The van der Waals surface area contributed by atoms with Gasteiger partial charge in [0.1, 0.15) is 12.1 Å². The number of carboxylic acids is 1. The minimum absolute atomic E-state index is 0.0765. The first-order chi connectivity index (χ1) is 13.5. The Kier molecular flexibility index (Phi) is 9.14. The van der Waals surface area contributed by atoms with E-state index >= 15 is 0 Å². The molecule has 1 aromatic rings. The van der Waals surface area contributed by atoms with Crippen molar-refractivity contribution in [2.75, 3.05) is 30.4 Å². The second-order valence-corrected chi connectivity index (χ2v) is 8.34. The van der Waals surface area contributed by atoms with Crippen molar-refractivity contribution in [3.05, 3.63) is 35.9 Å². The van der Waals surface area contributed by atoms with E-state index in [0.29, 0.717) is 18.1 Å². The number of benzene rings is 1. The Bertz CT molecular complexity index is 674. The topological polar surface area (TPSA) is 87.1 Å². The van der Waals surface area contributed by atoms with Crippen LogP contribution in [-0.4, -0.2) is 75.2 Å². The molecule has 1 amide bonds. The summed E-state index contributed by atoms with van der Waals surface area (Å²) in [6.45, 7) is 2.55. The van der Waals surface area contributed by atoms with Gasteiger partial charge in [-0.2, -0.15) is 0 Å². The van der Waals surface area contributed by atoms with Crippen LogP contribution in [0.1, 0.15) is 18.9 Å². The third-order valence-electron chi connectivity index (χ3n) is 4.47. The van der Waals surface area contributed by atoms with Crippen molar-refractivity contribution in [2.24, 2.45) is 0 Å². The number of thioether (sulfide) groups is 2. The molecule has 2 saturated heterocycles. The number of carboxylic acid groups (broad SMARTS) is 1. The smallest absolute Gasteiger partial charge is 0.327 e. The number of hydrogen-bond acceptors (Lipinski definition) is 7. The standard InChI is InChI=1S/C12H15NO2S.C7H11NO3S/c1-15-12(14)11-8-16-9-13(11)7-10-5-3-2-4-6-10;1-2-6(9)8-4-12-3-5(8)7(10)11/h2-6,11H,7-9H2,1H3;5H,2-4H2,1H3,(H,10,11). The number of amides is 1. The Labute approximate surface area is 173 Å². The summed E-state index contributed by atoms with van der Waals surface area (Å²) in [5.74, 6) is 1.66. The number of ether oxygens (including phenoxy) is 1. The number of rotatable bonds is 5. The predicted octanol–water partition coefficient (Wildman–Crippen LogP) is 2.12. The molecule has 0 aromatic heterocycles. The Morgan fingerprint density at radius 1 is 1.11 bits per heavy atom. The summed E-state index contributed by atoms with van der Waals surface area (Å²) in [5.41, 5.74) is 1.24. The lowest BCUT2D eigenvalue weighted by atomic mass is 10.2. The lowest BCUT2D eigenvalue weighted by Gasteiger charge is -2.21. The average Bonchev–Trinajstić information content (AvgIpc) is 3.38. The molecule has 28 heavy (non-hydrogen) atoms. The highest BCUT2D eigenvalue weighted by Gasteiger charge is 2.33. The Morgan fingerprint density at radius 3 is 2.36 bits per heavy atom. The fourth-order valence-corrected chi connectivity index (χ4v) is 5.25. The summed E-state index contributed by atoms with van der Waals surface area (Å²) >= 11 is 3.26. The van der Waals surface area contributed by atoms with Crippen LogP contribution in [0.5, 0.6) is 0 Å². The van der Waals surface area contributed by atoms with Gasteiger partial charge in [-0.1, -0.05) is 37.3 Å². The van der Waals surface area contributed by atoms with E-state index in [1.807, 2.05) is 18.2 Å². The van der Waals surface area contributed by atoms with Crippen LogP contribution in [-0.2, 0) is 25.7 Å². The van der Waals surface area contributed by atoms with Gasteiger partial charge in [-0.3, -0.25) is 14.5 Å². The molecular formula is C19H26N2O5S2. The monoisotopic (exact) mass is 426 g/mol. The summed E-state index contributed by atoms with van der Waals surface area (Å²) < 4.78 is 4.81. The van der Waals surface area contributed by atoms with Gasteiger partial charge >= 0.3 is 11.9 Å². The van der Waals surface area contributed by atoms with Gasteiger partial charge in [0, 0.05) is 30.3 Å². The molecule has 0 bridgehead atoms. The van der Waals surface area contributed by atoms with Gasteiger partial charge < -0.3 is 14.7 Å². The maximum absolute atomic E-state index is 11.5. The molecule has 3 rings (SSSR count). The Hall–Kier alpha value is -1.71.